The van der Waals surface area contributed by atoms with Gasteiger partial charge in [0.2, 0.25) is 0 Å². The Kier molecular flexibility index (Phi) is 2.73. The maximum atomic E-state index is 9.48. The van der Waals surface area contributed by atoms with Crippen molar-refractivity contribution in [2.24, 2.45) is 5.41 Å². The molecule has 0 amide bonds. The van der Waals surface area contributed by atoms with Crippen LogP contribution in [-0.4, -0.2) is 10.2 Å². The van der Waals surface area contributed by atoms with E-state index in [2.05, 4.69) is 34.6 Å². The molecule has 15 heavy (non-hydrogen) atoms. The standard InChI is InChI=1S/C13H20O2/c1-12(2,3)13(4,5)9-6-7-10(14)11(15)8-9/h6-8,14-15H,1-5H3. The van der Waals surface area contributed by atoms with Crippen LogP contribution in [0, 0.1) is 5.41 Å². The van der Waals surface area contributed by atoms with Crippen molar-refractivity contribution in [3.63, 3.8) is 0 Å². The molecule has 0 atom stereocenters. The molecule has 1 aromatic rings. The Bertz CT molecular complexity index is 359. The predicted octanol–water partition coefficient (Wildman–Crippen LogP) is 3.42. The molecular formula is C13H20O2. The fourth-order valence-corrected chi connectivity index (χ4v) is 1.35. The molecule has 0 fully saturated rings. The molecule has 2 nitrogen and oxygen atoms in total. The van der Waals surface area contributed by atoms with Crippen molar-refractivity contribution in [2.45, 2.75) is 40.0 Å². The van der Waals surface area contributed by atoms with Gasteiger partial charge >= 0.3 is 0 Å². The SMILES string of the molecule is CC(C)(C)C(C)(C)c1ccc(O)c(O)c1. The third kappa shape index (κ3) is 2.09. The zero-order chi connectivity index (χ0) is 11.9. The number of benzene rings is 1. The molecule has 0 aliphatic carbocycles. The van der Waals surface area contributed by atoms with Crippen LogP contribution in [0.15, 0.2) is 18.2 Å². The fraction of sp³-hybridized carbons (Fsp3) is 0.538. The van der Waals surface area contributed by atoms with Crippen LogP contribution >= 0.6 is 0 Å². The van der Waals surface area contributed by atoms with E-state index in [-0.39, 0.29) is 22.3 Å². The van der Waals surface area contributed by atoms with Gasteiger partial charge in [-0.05, 0) is 28.5 Å². The van der Waals surface area contributed by atoms with Crippen molar-refractivity contribution < 1.29 is 10.2 Å². The van der Waals surface area contributed by atoms with Crippen molar-refractivity contribution in [3.8, 4) is 11.5 Å². The van der Waals surface area contributed by atoms with Gasteiger partial charge < -0.3 is 10.2 Å². The highest BCUT2D eigenvalue weighted by Crippen LogP contribution is 2.42. The second kappa shape index (κ2) is 3.44. The van der Waals surface area contributed by atoms with Gasteiger partial charge in [-0.2, -0.15) is 0 Å². The summed E-state index contributed by atoms with van der Waals surface area (Å²) in [6, 6.07) is 5.04. The first kappa shape index (κ1) is 11.9. The molecule has 0 aliphatic heterocycles. The van der Waals surface area contributed by atoms with E-state index in [0.29, 0.717) is 0 Å². The lowest BCUT2D eigenvalue weighted by Crippen LogP contribution is -2.33. The van der Waals surface area contributed by atoms with Gasteiger partial charge in [-0.3, -0.25) is 0 Å². The summed E-state index contributed by atoms with van der Waals surface area (Å²) < 4.78 is 0. The van der Waals surface area contributed by atoms with Gasteiger partial charge in [0.25, 0.3) is 0 Å². The molecule has 1 aromatic carbocycles. The molecule has 0 heterocycles. The van der Waals surface area contributed by atoms with Crippen molar-refractivity contribution in [3.05, 3.63) is 23.8 Å². The molecular weight excluding hydrogens is 188 g/mol. The summed E-state index contributed by atoms with van der Waals surface area (Å²) in [7, 11) is 0. The summed E-state index contributed by atoms with van der Waals surface area (Å²) >= 11 is 0. The third-order valence-electron chi connectivity index (χ3n) is 3.57. The first-order valence-electron chi connectivity index (χ1n) is 5.19. The number of phenolic OH excluding ortho intramolecular Hbond substituents is 2. The minimum atomic E-state index is -0.0662. The summed E-state index contributed by atoms with van der Waals surface area (Å²) in [6.45, 7) is 10.8. The first-order valence-corrected chi connectivity index (χ1v) is 5.19. The molecule has 84 valence electrons. The van der Waals surface area contributed by atoms with Crippen LogP contribution in [0.25, 0.3) is 0 Å². The summed E-state index contributed by atoms with van der Waals surface area (Å²) in [5.41, 5.74) is 1.07. The molecule has 0 spiro atoms. The Morgan fingerprint density at radius 2 is 1.40 bits per heavy atom. The number of hydrogen-bond acceptors (Lipinski definition) is 2. The summed E-state index contributed by atoms with van der Waals surface area (Å²) in [5, 5.41) is 18.7. The number of rotatable bonds is 1. The minimum absolute atomic E-state index is 0.0511. The number of phenols is 2. The highest BCUT2D eigenvalue weighted by Gasteiger charge is 2.34. The number of hydrogen-bond donors (Lipinski definition) is 2. The van der Waals surface area contributed by atoms with E-state index in [1.54, 1.807) is 6.07 Å². The van der Waals surface area contributed by atoms with Crippen molar-refractivity contribution >= 4 is 0 Å². The van der Waals surface area contributed by atoms with Gasteiger partial charge in [0.1, 0.15) is 0 Å². The van der Waals surface area contributed by atoms with E-state index in [0.717, 1.165) is 5.56 Å². The summed E-state index contributed by atoms with van der Waals surface area (Å²) in [5.74, 6) is -0.117. The van der Waals surface area contributed by atoms with Gasteiger partial charge in [0.05, 0.1) is 0 Å². The third-order valence-corrected chi connectivity index (χ3v) is 3.57. The molecule has 0 unspecified atom stereocenters. The predicted molar refractivity (Wildman–Crippen MR) is 62.3 cm³/mol. The van der Waals surface area contributed by atoms with E-state index in [1.165, 1.54) is 6.07 Å². The van der Waals surface area contributed by atoms with Crippen LogP contribution in [0.3, 0.4) is 0 Å². The van der Waals surface area contributed by atoms with E-state index in [9.17, 15) is 10.2 Å². The average molecular weight is 208 g/mol. The first-order chi connectivity index (χ1) is 6.66. The number of aromatic hydroxyl groups is 2. The normalized spacial score (nSPS) is 12.9. The lowest BCUT2D eigenvalue weighted by atomic mass is 9.65. The second-order valence-electron chi connectivity index (χ2n) is 5.58. The molecule has 0 saturated carbocycles. The molecule has 0 bridgehead atoms. The van der Waals surface area contributed by atoms with Crippen LogP contribution in [0.2, 0.25) is 0 Å². The Morgan fingerprint density at radius 3 is 1.80 bits per heavy atom. The van der Waals surface area contributed by atoms with Crippen LogP contribution in [0.4, 0.5) is 0 Å². The molecule has 2 N–H and O–H groups in total. The summed E-state index contributed by atoms with van der Waals surface area (Å²) in [4.78, 5) is 0. The maximum Gasteiger partial charge on any atom is 0.157 e. The molecule has 0 aromatic heterocycles. The van der Waals surface area contributed by atoms with Gasteiger partial charge in [-0.25, -0.2) is 0 Å². The van der Waals surface area contributed by atoms with Crippen LogP contribution in [0.1, 0.15) is 40.2 Å². The van der Waals surface area contributed by atoms with Crippen molar-refractivity contribution in [1.29, 1.82) is 0 Å². The zero-order valence-corrected chi connectivity index (χ0v) is 10.1. The van der Waals surface area contributed by atoms with E-state index >= 15 is 0 Å². The van der Waals surface area contributed by atoms with E-state index in [4.69, 9.17) is 0 Å². The van der Waals surface area contributed by atoms with Gasteiger partial charge in [-0.1, -0.05) is 40.7 Å². The van der Waals surface area contributed by atoms with Crippen LogP contribution in [-0.2, 0) is 5.41 Å². The van der Waals surface area contributed by atoms with Crippen molar-refractivity contribution in [1.82, 2.24) is 0 Å². The smallest absolute Gasteiger partial charge is 0.157 e. The van der Waals surface area contributed by atoms with Crippen LogP contribution in [0.5, 0.6) is 11.5 Å². The fourth-order valence-electron chi connectivity index (χ4n) is 1.35. The highest BCUT2D eigenvalue weighted by atomic mass is 16.3. The Labute approximate surface area is 91.6 Å². The molecule has 1 rings (SSSR count). The van der Waals surface area contributed by atoms with E-state index < -0.39 is 0 Å². The zero-order valence-electron chi connectivity index (χ0n) is 10.1. The molecule has 0 saturated heterocycles. The van der Waals surface area contributed by atoms with Gasteiger partial charge in [-0.15, -0.1) is 0 Å². The topological polar surface area (TPSA) is 40.5 Å². The maximum absolute atomic E-state index is 9.48. The largest absolute Gasteiger partial charge is 0.504 e. The van der Waals surface area contributed by atoms with Crippen molar-refractivity contribution in [2.75, 3.05) is 0 Å². The Hall–Kier alpha value is -1.18. The quantitative estimate of drug-likeness (QED) is 0.694. The van der Waals surface area contributed by atoms with E-state index in [1.807, 2.05) is 6.07 Å². The average Bonchev–Trinajstić information content (AvgIpc) is 2.07. The lowest BCUT2D eigenvalue weighted by Gasteiger charge is -2.39. The highest BCUT2D eigenvalue weighted by molar-refractivity contribution is 5.43. The minimum Gasteiger partial charge on any atom is -0.504 e. The molecule has 2 heteroatoms. The van der Waals surface area contributed by atoms with Crippen LogP contribution < -0.4 is 0 Å². The Balaban J connectivity index is 3.22. The molecule has 0 aliphatic rings. The summed E-state index contributed by atoms with van der Waals surface area (Å²) in [6.07, 6.45) is 0. The van der Waals surface area contributed by atoms with Gasteiger partial charge in [0.15, 0.2) is 11.5 Å². The van der Waals surface area contributed by atoms with Gasteiger partial charge in [0, 0.05) is 0 Å². The Morgan fingerprint density at radius 1 is 0.867 bits per heavy atom. The lowest BCUT2D eigenvalue weighted by molar-refractivity contribution is 0.224. The molecule has 0 radical (unpaired) electrons. The monoisotopic (exact) mass is 208 g/mol. The second-order valence-corrected chi connectivity index (χ2v) is 5.58.